The van der Waals surface area contributed by atoms with E-state index in [1.807, 2.05) is 0 Å². The van der Waals surface area contributed by atoms with E-state index < -0.39 is 0 Å². The van der Waals surface area contributed by atoms with Crippen LogP contribution in [0.1, 0.15) is 215 Å². The number of anilines is 3. The molecule has 0 saturated carbocycles. The Hall–Kier alpha value is -1.71. The smallest absolute Gasteiger partial charge is 0.229 e. The minimum Gasteiger partial charge on any atom is -0.381 e. The lowest BCUT2D eigenvalue weighted by Gasteiger charge is -2.17. The van der Waals surface area contributed by atoms with Gasteiger partial charge in [-0.3, -0.25) is 0 Å². The predicted molar refractivity (Wildman–Crippen MR) is 247 cm³/mol. The Bertz CT molecular complexity index is 890. The largest absolute Gasteiger partial charge is 0.381 e. The van der Waals surface area contributed by atoms with Crippen molar-refractivity contribution in [2.45, 2.75) is 215 Å². The van der Waals surface area contributed by atoms with Crippen LogP contribution in [0.5, 0.6) is 0 Å². The lowest BCUT2D eigenvalue weighted by molar-refractivity contribution is 0.0907. The fraction of sp³-hybridized carbons (Fsp3) is 0.938. The molecule has 0 saturated heterocycles. The Morgan fingerprint density at radius 2 is 0.649 bits per heavy atom. The molecule has 0 aliphatic heterocycles. The molecule has 0 spiro atoms. The molecule has 57 heavy (non-hydrogen) atoms. The Morgan fingerprint density at radius 3 is 0.947 bits per heavy atom. The summed E-state index contributed by atoms with van der Waals surface area (Å²) in [5.41, 5.74) is 0. The Balaban J connectivity index is 2.64. The molecule has 1 atom stereocenters. The third kappa shape index (κ3) is 32.8. The average molecular weight is 805 g/mol. The summed E-state index contributed by atoms with van der Waals surface area (Å²) in [6.07, 6.45) is 34.2. The highest BCUT2D eigenvalue weighted by molar-refractivity contribution is 5.42. The van der Waals surface area contributed by atoms with Crippen LogP contribution in [-0.2, 0) is 14.2 Å². The second-order valence-corrected chi connectivity index (χ2v) is 16.9. The summed E-state index contributed by atoms with van der Waals surface area (Å²) >= 11 is 0. The minimum atomic E-state index is 0.597. The van der Waals surface area contributed by atoms with Crippen molar-refractivity contribution in [1.29, 1.82) is 0 Å². The van der Waals surface area contributed by atoms with Gasteiger partial charge in [-0.15, -0.1) is 0 Å². The normalized spacial score (nSPS) is 12.2. The molecular formula is C48H96N6O3. The van der Waals surface area contributed by atoms with Crippen LogP contribution in [0.15, 0.2) is 0 Å². The first-order valence-corrected chi connectivity index (χ1v) is 24.8. The van der Waals surface area contributed by atoms with Crippen molar-refractivity contribution >= 4 is 17.8 Å². The summed E-state index contributed by atoms with van der Waals surface area (Å²) in [7, 11) is 0. The van der Waals surface area contributed by atoms with E-state index in [4.69, 9.17) is 29.2 Å². The highest BCUT2D eigenvalue weighted by Gasteiger charge is 2.12. The van der Waals surface area contributed by atoms with Crippen LogP contribution in [0, 0.1) is 17.8 Å². The van der Waals surface area contributed by atoms with Crippen molar-refractivity contribution < 1.29 is 14.2 Å². The SMILES string of the molecule is CCCCCCC(CCCCCC)COCCCNc1nc(NCCCOCC(CC)CCCC)nc(NCCCOCC(CCCCCC)CCCCCC)n1. The summed E-state index contributed by atoms with van der Waals surface area (Å²) in [6, 6.07) is 0. The monoisotopic (exact) mass is 805 g/mol. The molecule has 9 heteroatoms. The van der Waals surface area contributed by atoms with Crippen molar-refractivity contribution in [3.05, 3.63) is 0 Å². The summed E-state index contributed by atoms with van der Waals surface area (Å²) in [6.45, 7) is 20.8. The topological polar surface area (TPSA) is 102 Å². The zero-order chi connectivity index (χ0) is 41.3. The molecule has 0 aliphatic rings. The molecule has 1 aromatic rings. The number of hydrogen-bond acceptors (Lipinski definition) is 9. The number of nitrogens with one attached hydrogen (secondary N) is 3. The van der Waals surface area contributed by atoms with Crippen LogP contribution in [0.4, 0.5) is 17.8 Å². The molecular weight excluding hydrogens is 709 g/mol. The molecule has 1 rings (SSSR count). The van der Waals surface area contributed by atoms with Crippen molar-refractivity contribution in [1.82, 2.24) is 15.0 Å². The van der Waals surface area contributed by atoms with Crippen LogP contribution in [0.25, 0.3) is 0 Å². The van der Waals surface area contributed by atoms with Crippen LogP contribution < -0.4 is 16.0 Å². The summed E-state index contributed by atoms with van der Waals surface area (Å²) < 4.78 is 18.5. The molecule has 0 aromatic carbocycles. The average Bonchev–Trinajstić information content (AvgIpc) is 3.22. The molecule has 0 amide bonds. The fourth-order valence-electron chi connectivity index (χ4n) is 7.45. The van der Waals surface area contributed by atoms with Gasteiger partial charge in [0.05, 0.1) is 0 Å². The van der Waals surface area contributed by atoms with E-state index in [9.17, 15) is 0 Å². The number of rotatable bonds is 45. The number of nitrogens with zero attached hydrogens (tertiary/aromatic N) is 3. The third-order valence-electron chi connectivity index (χ3n) is 11.3. The first-order valence-electron chi connectivity index (χ1n) is 24.8. The van der Waals surface area contributed by atoms with Crippen LogP contribution in [0.2, 0.25) is 0 Å². The van der Waals surface area contributed by atoms with E-state index in [-0.39, 0.29) is 0 Å². The van der Waals surface area contributed by atoms with Gasteiger partial charge in [-0.2, -0.15) is 15.0 Å². The predicted octanol–water partition coefficient (Wildman–Crippen LogP) is 13.7. The number of ether oxygens (including phenoxy) is 3. The van der Waals surface area contributed by atoms with Gasteiger partial charge in [-0.25, -0.2) is 0 Å². The van der Waals surface area contributed by atoms with E-state index in [1.165, 1.54) is 154 Å². The van der Waals surface area contributed by atoms with Crippen molar-refractivity contribution in [2.24, 2.45) is 17.8 Å². The molecule has 0 radical (unpaired) electrons. The summed E-state index contributed by atoms with van der Waals surface area (Å²) in [5.74, 6) is 3.84. The van der Waals surface area contributed by atoms with Gasteiger partial charge in [0, 0.05) is 59.3 Å². The molecule has 9 nitrogen and oxygen atoms in total. The maximum atomic E-state index is 6.24. The molecule has 1 aromatic heterocycles. The van der Waals surface area contributed by atoms with Crippen molar-refractivity contribution in [3.63, 3.8) is 0 Å². The highest BCUT2D eigenvalue weighted by atomic mass is 16.5. The molecule has 1 unspecified atom stereocenters. The van der Waals surface area contributed by atoms with Crippen LogP contribution in [0.3, 0.4) is 0 Å². The van der Waals surface area contributed by atoms with E-state index in [0.29, 0.717) is 35.6 Å². The van der Waals surface area contributed by atoms with E-state index in [2.05, 4.69) is 57.5 Å². The summed E-state index contributed by atoms with van der Waals surface area (Å²) in [4.78, 5) is 14.2. The highest BCUT2D eigenvalue weighted by Crippen LogP contribution is 2.21. The number of unbranched alkanes of at least 4 members (excludes halogenated alkanes) is 13. The van der Waals surface area contributed by atoms with Gasteiger partial charge < -0.3 is 30.2 Å². The first kappa shape index (κ1) is 53.3. The van der Waals surface area contributed by atoms with Crippen LogP contribution in [-0.4, -0.2) is 74.2 Å². The Morgan fingerprint density at radius 1 is 0.351 bits per heavy atom. The van der Waals surface area contributed by atoms with Gasteiger partial charge in [-0.1, -0.05) is 164 Å². The molecule has 1 heterocycles. The van der Waals surface area contributed by atoms with E-state index in [1.54, 1.807) is 0 Å². The fourth-order valence-corrected chi connectivity index (χ4v) is 7.45. The zero-order valence-corrected chi connectivity index (χ0v) is 38.8. The Kier molecular flexibility index (Phi) is 38.4. The maximum Gasteiger partial charge on any atom is 0.229 e. The molecule has 0 fully saturated rings. The second-order valence-electron chi connectivity index (χ2n) is 16.9. The standard InChI is InChI=1S/C48H96N6O3/c1-7-13-18-22-30-44(31-23-19-14-8-2)41-56-38-27-35-50-47-52-46(49-34-26-37-55-40-43(12-6)29-17-11-5)53-48(54-47)51-36-28-39-57-42-45(32-24-20-15-9-3)33-25-21-16-10-4/h43-45H,7-42H2,1-6H3,(H3,49,50,51,52,53,54). The van der Waals surface area contributed by atoms with Gasteiger partial charge in [0.2, 0.25) is 17.8 Å². The third-order valence-corrected chi connectivity index (χ3v) is 11.3. The molecule has 0 aliphatic carbocycles. The quantitative estimate of drug-likeness (QED) is 0.0556. The van der Waals surface area contributed by atoms with Gasteiger partial charge in [0.25, 0.3) is 0 Å². The summed E-state index contributed by atoms with van der Waals surface area (Å²) in [5, 5.41) is 10.3. The zero-order valence-electron chi connectivity index (χ0n) is 38.8. The van der Waals surface area contributed by atoms with Crippen LogP contribution >= 0.6 is 0 Å². The van der Waals surface area contributed by atoms with Gasteiger partial charge in [-0.05, 0) is 69.1 Å². The Labute approximate surface area is 354 Å². The molecule has 3 N–H and O–H groups in total. The van der Waals surface area contributed by atoms with Gasteiger partial charge in [0.1, 0.15) is 0 Å². The first-order chi connectivity index (χ1) is 28.1. The van der Waals surface area contributed by atoms with E-state index in [0.717, 1.165) is 78.5 Å². The van der Waals surface area contributed by atoms with Gasteiger partial charge in [0.15, 0.2) is 0 Å². The molecule has 0 bridgehead atoms. The van der Waals surface area contributed by atoms with Crippen molar-refractivity contribution in [2.75, 3.05) is 75.2 Å². The minimum absolute atomic E-state index is 0.597. The lowest BCUT2D eigenvalue weighted by Crippen LogP contribution is -2.17. The number of aromatic nitrogens is 3. The number of hydrogen-bond donors (Lipinski definition) is 3. The maximum absolute atomic E-state index is 6.24. The second kappa shape index (κ2) is 41.0. The lowest BCUT2D eigenvalue weighted by atomic mass is 9.95. The molecule has 336 valence electrons. The van der Waals surface area contributed by atoms with E-state index >= 15 is 0 Å². The van der Waals surface area contributed by atoms with Gasteiger partial charge >= 0.3 is 0 Å². The van der Waals surface area contributed by atoms with Crippen molar-refractivity contribution in [3.8, 4) is 0 Å².